The van der Waals surface area contributed by atoms with Crippen molar-refractivity contribution >= 4 is 27.6 Å². The number of furan rings is 1. The zero-order chi connectivity index (χ0) is 17.4. The number of hydrogen-bond donors (Lipinski definition) is 0. The van der Waals surface area contributed by atoms with Gasteiger partial charge in [-0.3, -0.25) is 10.1 Å². The SMILES string of the molecule is N#CCc1ccc(OC2CCCC2)c2oc3ccc([N+](=O)[O-])cc3c12. The minimum absolute atomic E-state index is 0.000206. The molecule has 3 aromatic rings. The molecule has 2 aromatic carbocycles. The van der Waals surface area contributed by atoms with Crippen molar-refractivity contribution in [1.82, 2.24) is 0 Å². The van der Waals surface area contributed by atoms with Crippen molar-refractivity contribution in [2.24, 2.45) is 0 Å². The normalized spacial score (nSPS) is 14.8. The molecule has 6 nitrogen and oxygen atoms in total. The van der Waals surface area contributed by atoms with Gasteiger partial charge < -0.3 is 9.15 Å². The van der Waals surface area contributed by atoms with Crippen molar-refractivity contribution in [3.05, 3.63) is 46.0 Å². The first-order valence-corrected chi connectivity index (χ1v) is 8.33. The summed E-state index contributed by atoms with van der Waals surface area (Å²) >= 11 is 0. The van der Waals surface area contributed by atoms with Gasteiger partial charge in [-0.25, -0.2) is 0 Å². The fraction of sp³-hybridized carbons (Fsp3) is 0.316. The summed E-state index contributed by atoms with van der Waals surface area (Å²) in [6.45, 7) is 0. The minimum Gasteiger partial charge on any atom is -0.486 e. The third-order valence-electron chi connectivity index (χ3n) is 4.73. The first-order chi connectivity index (χ1) is 12.2. The Kier molecular flexibility index (Phi) is 3.77. The number of fused-ring (bicyclic) bond motifs is 3. The Bertz CT molecular complexity index is 1010. The van der Waals surface area contributed by atoms with Crippen LogP contribution >= 0.6 is 0 Å². The van der Waals surface area contributed by atoms with Crippen LogP contribution in [0.15, 0.2) is 34.7 Å². The van der Waals surface area contributed by atoms with E-state index in [9.17, 15) is 10.1 Å². The van der Waals surface area contributed by atoms with Crippen LogP contribution in [0.1, 0.15) is 31.2 Å². The zero-order valence-corrected chi connectivity index (χ0v) is 13.5. The maximum absolute atomic E-state index is 11.1. The van der Waals surface area contributed by atoms with Gasteiger partial charge in [0.05, 0.1) is 23.5 Å². The molecule has 6 heteroatoms. The van der Waals surface area contributed by atoms with Crippen LogP contribution in [0.25, 0.3) is 21.9 Å². The van der Waals surface area contributed by atoms with Crippen molar-refractivity contribution in [3.63, 3.8) is 0 Å². The van der Waals surface area contributed by atoms with Gasteiger partial charge in [-0.05, 0) is 43.4 Å². The number of rotatable bonds is 4. The van der Waals surface area contributed by atoms with E-state index in [0.29, 0.717) is 22.3 Å². The number of benzene rings is 2. The molecule has 4 rings (SSSR count). The maximum atomic E-state index is 11.1. The Morgan fingerprint density at radius 1 is 1.28 bits per heavy atom. The molecule has 0 bridgehead atoms. The van der Waals surface area contributed by atoms with Gasteiger partial charge in [0.2, 0.25) is 0 Å². The molecule has 0 aliphatic heterocycles. The summed E-state index contributed by atoms with van der Waals surface area (Å²) in [4.78, 5) is 10.7. The quantitative estimate of drug-likeness (QED) is 0.500. The molecule has 1 fully saturated rings. The summed E-state index contributed by atoms with van der Waals surface area (Å²) in [5, 5.41) is 21.6. The largest absolute Gasteiger partial charge is 0.486 e. The van der Waals surface area contributed by atoms with Crippen LogP contribution in [0.4, 0.5) is 5.69 Å². The molecule has 126 valence electrons. The van der Waals surface area contributed by atoms with Gasteiger partial charge in [-0.15, -0.1) is 0 Å². The van der Waals surface area contributed by atoms with Crippen LogP contribution in [-0.4, -0.2) is 11.0 Å². The maximum Gasteiger partial charge on any atom is 0.270 e. The minimum atomic E-state index is -0.429. The molecule has 25 heavy (non-hydrogen) atoms. The van der Waals surface area contributed by atoms with Gasteiger partial charge in [-0.2, -0.15) is 5.26 Å². The second kappa shape index (κ2) is 6.10. The second-order valence-corrected chi connectivity index (χ2v) is 6.33. The molecule has 0 N–H and O–H groups in total. The molecule has 1 saturated carbocycles. The predicted octanol–water partition coefficient (Wildman–Crippen LogP) is 4.88. The first-order valence-electron chi connectivity index (χ1n) is 8.33. The van der Waals surface area contributed by atoms with E-state index in [1.54, 1.807) is 6.07 Å². The first kappa shape index (κ1) is 15.5. The molecule has 0 unspecified atom stereocenters. The zero-order valence-electron chi connectivity index (χ0n) is 13.5. The summed E-state index contributed by atoms with van der Waals surface area (Å²) < 4.78 is 12.1. The Labute approximate surface area is 143 Å². The number of nitro groups is 1. The van der Waals surface area contributed by atoms with Crippen molar-refractivity contribution < 1.29 is 14.1 Å². The van der Waals surface area contributed by atoms with Crippen molar-refractivity contribution in [3.8, 4) is 11.8 Å². The highest BCUT2D eigenvalue weighted by molar-refractivity contribution is 6.09. The fourth-order valence-electron chi connectivity index (χ4n) is 3.54. The van der Waals surface area contributed by atoms with Crippen LogP contribution in [0.3, 0.4) is 0 Å². The van der Waals surface area contributed by atoms with Crippen molar-refractivity contribution in [1.29, 1.82) is 5.26 Å². The third kappa shape index (κ3) is 2.68. The topological polar surface area (TPSA) is 89.3 Å². The highest BCUT2D eigenvalue weighted by Crippen LogP contribution is 2.39. The molecule has 0 radical (unpaired) electrons. The lowest BCUT2D eigenvalue weighted by Gasteiger charge is -2.13. The molecule has 1 aromatic heterocycles. The van der Waals surface area contributed by atoms with Crippen LogP contribution in [-0.2, 0) is 6.42 Å². The molecule has 0 amide bonds. The average molecular weight is 336 g/mol. The van der Waals surface area contributed by atoms with Crippen molar-refractivity contribution in [2.75, 3.05) is 0 Å². The number of nitriles is 1. The molecular weight excluding hydrogens is 320 g/mol. The number of hydrogen-bond acceptors (Lipinski definition) is 5. The molecule has 1 aliphatic rings. The van der Waals surface area contributed by atoms with E-state index in [1.165, 1.54) is 12.1 Å². The monoisotopic (exact) mass is 336 g/mol. The van der Waals surface area contributed by atoms with Crippen LogP contribution in [0.2, 0.25) is 0 Å². The summed E-state index contributed by atoms with van der Waals surface area (Å²) in [6, 6.07) is 10.4. The van der Waals surface area contributed by atoms with Gasteiger partial charge in [0.25, 0.3) is 5.69 Å². The van der Waals surface area contributed by atoms with Crippen LogP contribution in [0.5, 0.6) is 5.75 Å². The Hall–Kier alpha value is -3.07. The van der Waals surface area contributed by atoms with E-state index in [4.69, 9.17) is 14.4 Å². The summed E-state index contributed by atoms with van der Waals surface area (Å²) in [5.41, 5.74) is 1.91. The van der Waals surface area contributed by atoms with E-state index in [0.717, 1.165) is 36.6 Å². The molecule has 0 saturated heterocycles. The van der Waals surface area contributed by atoms with E-state index in [2.05, 4.69) is 6.07 Å². The Balaban J connectivity index is 1.93. The van der Waals surface area contributed by atoms with Gasteiger partial charge in [0.1, 0.15) is 5.58 Å². The predicted molar refractivity (Wildman–Crippen MR) is 92.6 cm³/mol. The number of ether oxygens (including phenoxy) is 1. The van der Waals surface area contributed by atoms with Gasteiger partial charge in [-0.1, -0.05) is 6.07 Å². The standard InChI is InChI=1S/C19H16N2O4/c20-10-9-12-5-7-17(24-14-3-1-2-4-14)19-18(12)15-11-13(21(22)23)6-8-16(15)25-19/h5-8,11,14H,1-4,9H2. The lowest BCUT2D eigenvalue weighted by Crippen LogP contribution is -2.11. The number of nitro benzene ring substituents is 1. The fourth-order valence-corrected chi connectivity index (χ4v) is 3.54. The molecular formula is C19H16N2O4. The third-order valence-corrected chi connectivity index (χ3v) is 4.73. The van der Waals surface area contributed by atoms with Gasteiger partial charge in [0, 0.05) is 22.9 Å². The molecule has 1 heterocycles. The lowest BCUT2D eigenvalue weighted by atomic mass is 10.0. The smallest absolute Gasteiger partial charge is 0.270 e. The summed E-state index contributed by atoms with van der Waals surface area (Å²) in [6.07, 6.45) is 4.74. The average Bonchev–Trinajstić information content (AvgIpc) is 3.24. The second-order valence-electron chi connectivity index (χ2n) is 6.33. The van der Waals surface area contributed by atoms with Gasteiger partial charge >= 0.3 is 0 Å². The molecule has 0 atom stereocenters. The van der Waals surface area contributed by atoms with E-state index in [-0.39, 0.29) is 18.2 Å². The van der Waals surface area contributed by atoms with E-state index < -0.39 is 4.92 Å². The van der Waals surface area contributed by atoms with Crippen LogP contribution < -0.4 is 4.74 Å². The Morgan fingerprint density at radius 2 is 2.08 bits per heavy atom. The Morgan fingerprint density at radius 3 is 2.80 bits per heavy atom. The lowest BCUT2D eigenvalue weighted by molar-refractivity contribution is -0.384. The number of non-ortho nitro benzene ring substituents is 1. The van der Waals surface area contributed by atoms with E-state index in [1.807, 2.05) is 12.1 Å². The van der Waals surface area contributed by atoms with Crippen LogP contribution in [0, 0.1) is 21.4 Å². The van der Waals surface area contributed by atoms with E-state index >= 15 is 0 Å². The summed E-state index contributed by atoms with van der Waals surface area (Å²) in [5.74, 6) is 0.641. The molecule has 0 spiro atoms. The highest BCUT2D eigenvalue weighted by Gasteiger charge is 2.22. The number of nitrogens with zero attached hydrogens (tertiary/aromatic N) is 2. The van der Waals surface area contributed by atoms with Gasteiger partial charge in [0.15, 0.2) is 11.3 Å². The molecule has 1 aliphatic carbocycles. The van der Waals surface area contributed by atoms with Crippen molar-refractivity contribution in [2.45, 2.75) is 38.2 Å². The highest BCUT2D eigenvalue weighted by atomic mass is 16.6. The summed E-state index contributed by atoms with van der Waals surface area (Å²) in [7, 11) is 0.